The Bertz CT molecular complexity index is 503. The van der Waals surface area contributed by atoms with Crippen molar-refractivity contribution in [2.75, 3.05) is 14.2 Å². The molecule has 0 saturated carbocycles. The number of alkyl halides is 1. The van der Waals surface area contributed by atoms with Crippen molar-refractivity contribution in [1.82, 2.24) is 0 Å². The van der Waals surface area contributed by atoms with Gasteiger partial charge in [0.1, 0.15) is 6.07 Å². The Kier molecular flexibility index (Phi) is 4.63. The summed E-state index contributed by atoms with van der Waals surface area (Å²) in [6.45, 7) is 0. The molecule has 0 bridgehead atoms. The van der Waals surface area contributed by atoms with Gasteiger partial charge in [-0.15, -0.1) is 0 Å². The SMILES string of the molecule is COC(=O)C(O)(CC1=CCC(F)(C#N)C=C1)C(=O)OC. The first-order chi connectivity index (χ1) is 9.31. The van der Waals surface area contributed by atoms with E-state index in [0.717, 1.165) is 20.3 Å². The van der Waals surface area contributed by atoms with Gasteiger partial charge in [0.25, 0.3) is 5.60 Å². The van der Waals surface area contributed by atoms with Crippen LogP contribution in [-0.4, -0.2) is 42.5 Å². The molecule has 0 aromatic heterocycles. The van der Waals surface area contributed by atoms with Crippen molar-refractivity contribution < 1.29 is 28.6 Å². The highest BCUT2D eigenvalue weighted by molar-refractivity contribution is 6.03. The number of ether oxygens (including phenoxy) is 2. The van der Waals surface area contributed by atoms with E-state index in [0.29, 0.717) is 5.57 Å². The summed E-state index contributed by atoms with van der Waals surface area (Å²) >= 11 is 0. The van der Waals surface area contributed by atoms with Gasteiger partial charge in [-0.3, -0.25) is 0 Å². The minimum Gasteiger partial charge on any atom is -0.466 e. The average molecular weight is 283 g/mol. The number of aliphatic hydroxyl groups is 1. The van der Waals surface area contributed by atoms with Crippen LogP contribution in [0, 0.1) is 11.3 Å². The van der Waals surface area contributed by atoms with Crippen LogP contribution in [0.25, 0.3) is 0 Å². The van der Waals surface area contributed by atoms with E-state index >= 15 is 0 Å². The van der Waals surface area contributed by atoms with Gasteiger partial charge in [0.2, 0.25) is 5.67 Å². The highest BCUT2D eigenvalue weighted by atomic mass is 19.1. The Balaban J connectivity index is 2.95. The van der Waals surface area contributed by atoms with Crippen molar-refractivity contribution in [1.29, 1.82) is 5.26 Å². The zero-order valence-corrected chi connectivity index (χ0v) is 11.1. The van der Waals surface area contributed by atoms with E-state index < -0.39 is 29.6 Å². The van der Waals surface area contributed by atoms with Crippen molar-refractivity contribution in [2.45, 2.75) is 24.1 Å². The first kappa shape index (κ1) is 15.9. The molecule has 108 valence electrons. The minimum absolute atomic E-state index is 0.228. The van der Waals surface area contributed by atoms with Gasteiger partial charge >= 0.3 is 11.9 Å². The Morgan fingerprint density at radius 1 is 1.50 bits per heavy atom. The van der Waals surface area contributed by atoms with E-state index in [-0.39, 0.29) is 6.42 Å². The number of methoxy groups -OCH3 is 2. The molecule has 1 atom stereocenters. The lowest BCUT2D eigenvalue weighted by Crippen LogP contribution is -2.48. The van der Waals surface area contributed by atoms with Crippen LogP contribution in [0.3, 0.4) is 0 Å². The van der Waals surface area contributed by atoms with Crippen LogP contribution in [0.1, 0.15) is 12.8 Å². The van der Waals surface area contributed by atoms with Crippen molar-refractivity contribution in [3.63, 3.8) is 0 Å². The van der Waals surface area contributed by atoms with Gasteiger partial charge < -0.3 is 14.6 Å². The summed E-state index contributed by atoms with van der Waals surface area (Å²) in [6.07, 6.45) is 2.93. The Morgan fingerprint density at radius 3 is 2.40 bits per heavy atom. The standard InChI is InChI=1S/C13H14FNO5/c1-19-10(16)13(18,11(17)20-2)7-9-3-5-12(14,8-15)6-4-9/h3-5,18H,6-7H2,1-2H3. The van der Waals surface area contributed by atoms with Gasteiger partial charge in [-0.25, -0.2) is 14.0 Å². The number of carbonyl (C=O) groups is 2. The van der Waals surface area contributed by atoms with Crippen LogP contribution in [-0.2, 0) is 19.1 Å². The van der Waals surface area contributed by atoms with Crippen molar-refractivity contribution >= 4 is 11.9 Å². The molecule has 1 N–H and O–H groups in total. The molecule has 6 nitrogen and oxygen atoms in total. The lowest BCUT2D eigenvalue weighted by molar-refractivity contribution is -0.180. The molecule has 0 spiro atoms. The van der Waals surface area contributed by atoms with Gasteiger partial charge in [0, 0.05) is 12.8 Å². The highest BCUT2D eigenvalue weighted by Gasteiger charge is 2.47. The number of nitriles is 1. The van der Waals surface area contributed by atoms with Crippen LogP contribution >= 0.6 is 0 Å². The largest absolute Gasteiger partial charge is 0.466 e. The molecule has 0 amide bonds. The number of hydrogen-bond acceptors (Lipinski definition) is 6. The summed E-state index contributed by atoms with van der Waals surface area (Å²) in [5, 5.41) is 18.7. The lowest BCUT2D eigenvalue weighted by Gasteiger charge is -2.24. The normalized spacial score (nSPS) is 21.6. The molecule has 1 aliphatic rings. The second-order valence-corrected chi connectivity index (χ2v) is 4.31. The molecule has 0 aromatic carbocycles. The monoisotopic (exact) mass is 283 g/mol. The number of hydrogen-bond donors (Lipinski definition) is 1. The number of carbonyl (C=O) groups excluding carboxylic acids is 2. The van der Waals surface area contributed by atoms with E-state index in [1.54, 1.807) is 0 Å². The fourth-order valence-corrected chi connectivity index (χ4v) is 1.73. The zero-order chi connectivity index (χ0) is 15.4. The van der Waals surface area contributed by atoms with E-state index in [4.69, 9.17) is 5.26 Å². The molecule has 1 rings (SSSR count). The molecule has 0 fully saturated rings. The molecular formula is C13H14FNO5. The third-order valence-corrected chi connectivity index (χ3v) is 2.91. The van der Waals surface area contributed by atoms with Crippen molar-refractivity contribution in [2.24, 2.45) is 0 Å². The number of nitrogens with zero attached hydrogens (tertiary/aromatic N) is 1. The summed E-state index contributed by atoms with van der Waals surface area (Å²) < 4.78 is 22.4. The Morgan fingerprint density at radius 2 is 2.05 bits per heavy atom. The fourth-order valence-electron chi connectivity index (χ4n) is 1.73. The number of rotatable bonds is 4. The van der Waals surface area contributed by atoms with Crippen LogP contribution < -0.4 is 0 Å². The van der Waals surface area contributed by atoms with Crippen molar-refractivity contribution in [3.8, 4) is 6.07 Å². The predicted octanol–water partition coefficient (Wildman–Crippen LogP) is 0.572. The number of halogens is 1. The third-order valence-electron chi connectivity index (χ3n) is 2.91. The average Bonchev–Trinajstić information content (AvgIpc) is 2.47. The lowest BCUT2D eigenvalue weighted by atomic mass is 9.88. The third kappa shape index (κ3) is 3.03. The smallest absolute Gasteiger partial charge is 0.350 e. The maximum Gasteiger partial charge on any atom is 0.350 e. The van der Waals surface area contributed by atoms with Crippen LogP contribution in [0.2, 0.25) is 0 Å². The number of esters is 2. The molecule has 0 aromatic rings. The summed E-state index contributed by atoms with van der Waals surface area (Å²) in [5.41, 5.74) is -4.28. The maximum absolute atomic E-state index is 13.6. The first-order valence-corrected chi connectivity index (χ1v) is 5.69. The molecule has 1 unspecified atom stereocenters. The Labute approximate surface area is 115 Å². The van der Waals surface area contributed by atoms with Gasteiger partial charge in [-0.05, 0) is 11.6 Å². The second kappa shape index (κ2) is 5.84. The van der Waals surface area contributed by atoms with Crippen LogP contribution in [0.15, 0.2) is 23.8 Å². The summed E-state index contributed by atoms with van der Waals surface area (Å²) in [6, 6.07) is 1.49. The maximum atomic E-state index is 13.6. The van der Waals surface area contributed by atoms with E-state index in [9.17, 15) is 19.1 Å². The van der Waals surface area contributed by atoms with Gasteiger partial charge in [0.15, 0.2) is 0 Å². The van der Waals surface area contributed by atoms with E-state index in [2.05, 4.69) is 9.47 Å². The quantitative estimate of drug-likeness (QED) is 0.598. The fraction of sp³-hybridized carbons (Fsp3) is 0.462. The molecule has 0 radical (unpaired) electrons. The molecule has 7 heteroatoms. The second-order valence-electron chi connectivity index (χ2n) is 4.31. The van der Waals surface area contributed by atoms with Gasteiger partial charge in [-0.1, -0.05) is 12.2 Å². The Hall–Kier alpha value is -2.20. The van der Waals surface area contributed by atoms with Crippen LogP contribution in [0.5, 0.6) is 0 Å². The molecule has 0 aliphatic heterocycles. The highest BCUT2D eigenvalue weighted by Crippen LogP contribution is 2.29. The first-order valence-electron chi connectivity index (χ1n) is 5.69. The molecular weight excluding hydrogens is 269 g/mol. The van der Waals surface area contributed by atoms with Crippen LogP contribution in [0.4, 0.5) is 4.39 Å². The summed E-state index contributed by atoms with van der Waals surface area (Å²) in [7, 11) is 2.03. The molecule has 0 heterocycles. The predicted molar refractivity (Wildman–Crippen MR) is 64.9 cm³/mol. The zero-order valence-electron chi connectivity index (χ0n) is 11.1. The molecule has 20 heavy (non-hydrogen) atoms. The topological polar surface area (TPSA) is 96.6 Å². The van der Waals surface area contributed by atoms with E-state index in [1.165, 1.54) is 18.2 Å². The molecule has 1 aliphatic carbocycles. The summed E-state index contributed by atoms with van der Waals surface area (Å²) in [5.74, 6) is -2.34. The van der Waals surface area contributed by atoms with Gasteiger partial charge in [-0.2, -0.15) is 5.26 Å². The van der Waals surface area contributed by atoms with Crippen molar-refractivity contribution in [3.05, 3.63) is 23.8 Å². The minimum atomic E-state index is -2.50. The summed E-state index contributed by atoms with van der Waals surface area (Å²) in [4.78, 5) is 23.1. The van der Waals surface area contributed by atoms with Gasteiger partial charge in [0.05, 0.1) is 14.2 Å². The number of allylic oxidation sites excluding steroid dienone is 3. The molecule has 0 saturated heterocycles. The van der Waals surface area contributed by atoms with E-state index in [1.807, 2.05) is 0 Å².